The van der Waals surface area contributed by atoms with Gasteiger partial charge in [0.2, 0.25) is 11.8 Å². The van der Waals surface area contributed by atoms with E-state index >= 15 is 0 Å². The monoisotopic (exact) mass is 733 g/mol. The van der Waals surface area contributed by atoms with Gasteiger partial charge in [-0.15, -0.1) is 0 Å². The molecule has 12 heteroatoms. The number of esters is 1. The summed E-state index contributed by atoms with van der Waals surface area (Å²) in [6.07, 6.45) is 1.35. The number of benzene rings is 4. The first kappa shape index (κ1) is 39.2. The highest BCUT2D eigenvalue weighted by Gasteiger charge is 2.33. The first-order valence-electron chi connectivity index (χ1n) is 18.1. The van der Waals surface area contributed by atoms with Crippen molar-refractivity contribution >= 4 is 34.6 Å². The molecule has 0 saturated carbocycles. The fourth-order valence-electron chi connectivity index (χ4n) is 6.13. The summed E-state index contributed by atoms with van der Waals surface area (Å²) in [5.74, 6) is -2.08. The predicted molar refractivity (Wildman–Crippen MR) is 204 cm³/mol. The molecule has 3 amide bonds. The lowest BCUT2D eigenvalue weighted by Gasteiger charge is -2.31. The topological polar surface area (TPSA) is 172 Å². The molecule has 5 aromatic rings. The fraction of sp³-hybridized carbons (Fsp3) is 0.310. The molecule has 0 fully saturated rings. The van der Waals surface area contributed by atoms with Crippen LogP contribution >= 0.6 is 0 Å². The molecule has 5 N–H and O–H groups in total. The summed E-state index contributed by atoms with van der Waals surface area (Å²) < 4.78 is 10.9. The van der Waals surface area contributed by atoms with Crippen molar-refractivity contribution in [3.63, 3.8) is 0 Å². The summed E-state index contributed by atoms with van der Waals surface area (Å²) in [7, 11) is 0. The van der Waals surface area contributed by atoms with Crippen LogP contribution in [0.3, 0.4) is 0 Å². The molecule has 0 radical (unpaired) electrons. The number of carbonyl (C=O) groups is 4. The maximum absolute atomic E-state index is 14.2. The number of fused-ring (bicyclic) bond motifs is 1. The molecular formula is C42H47N5O7. The molecule has 0 aliphatic rings. The van der Waals surface area contributed by atoms with Crippen LogP contribution in [0.5, 0.6) is 0 Å². The minimum absolute atomic E-state index is 0.00139. The number of H-pyrrole nitrogens is 1. The quantitative estimate of drug-likeness (QED) is 0.0770. The number of hydrogen-bond donors (Lipinski definition) is 5. The third-order valence-corrected chi connectivity index (χ3v) is 9.33. The zero-order chi connectivity index (χ0) is 38.3. The predicted octanol–water partition coefficient (Wildman–Crippen LogP) is 5.15. The Morgan fingerprint density at radius 1 is 0.741 bits per heavy atom. The second kappa shape index (κ2) is 19.7. The number of ether oxygens (including phenoxy) is 2. The van der Waals surface area contributed by atoms with Gasteiger partial charge in [0.15, 0.2) is 0 Å². The second-order valence-electron chi connectivity index (χ2n) is 13.3. The van der Waals surface area contributed by atoms with E-state index < -0.39 is 48.1 Å². The molecule has 1 heterocycles. The number of carbonyl (C=O) groups excluding carboxylic acids is 4. The molecule has 4 aromatic carbocycles. The molecule has 0 aliphatic heterocycles. The molecule has 5 atom stereocenters. The molecule has 54 heavy (non-hydrogen) atoms. The molecule has 0 spiro atoms. The molecule has 0 saturated heterocycles. The minimum atomic E-state index is -1.27. The first-order chi connectivity index (χ1) is 26.2. The SMILES string of the molecule is CCC(C)[C@H](NC(=O)[C@H](Cc1c[nH]cn1)NC(=O)[C@@H](Cc1cccc2ccccc12)NC(=O)OCc1ccccc1)[C@@H](O)CC(=O)OCc1ccccc1. The summed E-state index contributed by atoms with van der Waals surface area (Å²) >= 11 is 0. The van der Waals surface area contributed by atoms with Gasteiger partial charge in [0, 0.05) is 19.0 Å². The number of aromatic amines is 1. The van der Waals surface area contributed by atoms with E-state index in [0.717, 1.165) is 27.5 Å². The molecule has 12 nitrogen and oxygen atoms in total. The lowest BCUT2D eigenvalue weighted by Crippen LogP contribution is -2.58. The van der Waals surface area contributed by atoms with Crippen molar-refractivity contribution in [1.29, 1.82) is 0 Å². The number of amides is 3. The van der Waals surface area contributed by atoms with E-state index in [-0.39, 0.29) is 38.4 Å². The Balaban J connectivity index is 1.33. The van der Waals surface area contributed by atoms with Gasteiger partial charge in [0.1, 0.15) is 25.3 Å². The van der Waals surface area contributed by atoms with Gasteiger partial charge in [-0.3, -0.25) is 14.4 Å². The summed E-state index contributed by atoms with van der Waals surface area (Å²) in [6, 6.07) is 28.7. The van der Waals surface area contributed by atoms with Crippen molar-refractivity contribution in [2.75, 3.05) is 0 Å². The first-order valence-corrected chi connectivity index (χ1v) is 18.1. The second-order valence-corrected chi connectivity index (χ2v) is 13.3. The van der Waals surface area contributed by atoms with Gasteiger partial charge in [-0.2, -0.15) is 0 Å². The normalized spacial score (nSPS) is 13.8. The maximum atomic E-state index is 14.2. The van der Waals surface area contributed by atoms with Crippen LogP contribution in [-0.4, -0.2) is 63.2 Å². The zero-order valence-electron chi connectivity index (χ0n) is 30.4. The van der Waals surface area contributed by atoms with E-state index in [1.807, 2.05) is 117 Å². The van der Waals surface area contributed by atoms with Gasteiger partial charge >= 0.3 is 12.1 Å². The summed E-state index contributed by atoms with van der Waals surface area (Å²) in [5.41, 5.74) is 2.90. The average Bonchev–Trinajstić information content (AvgIpc) is 3.71. The van der Waals surface area contributed by atoms with Crippen LogP contribution in [0, 0.1) is 5.92 Å². The van der Waals surface area contributed by atoms with Crippen molar-refractivity contribution in [2.24, 2.45) is 5.92 Å². The van der Waals surface area contributed by atoms with E-state index in [4.69, 9.17) is 9.47 Å². The van der Waals surface area contributed by atoms with Crippen molar-refractivity contribution in [3.8, 4) is 0 Å². The Bertz CT molecular complexity index is 1950. The van der Waals surface area contributed by atoms with Crippen LogP contribution in [-0.2, 0) is 49.9 Å². The molecule has 5 rings (SSSR count). The van der Waals surface area contributed by atoms with Gasteiger partial charge in [-0.25, -0.2) is 9.78 Å². The van der Waals surface area contributed by atoms with E-state index in [9.17, 15) is 24.3 Å². The number of hydrogen-bond acceptors (Lipinski definition) is 8. The molecular weight excluding hydrogens is 686 g/mol. The molecule has 1 unspecified atom stereocenters. The largest absolute Gasteiger partial charge is 0.461 e. The highest BCUT2D eigenvalue weighted by molar-refractivity contribution is 5.93. The number of rotatable bonds is 18. The summed E-state index contributed by atoms with van der Waals surface area (Å²) in [5, 5.41) is 21.6. The number of aliphatic hydroxyl groups is 1. The van der Waals surface area contributed by atoms with Gasteiger partial charge < -0.3 is 35.5 Å². The highest BCUT2D eigenvalue weighted by Crippen LogP contribution is 2.21. The van der Waals surface area contributed by atoms with Gasteiger partial charge in [-0.1, -0.05) is 123 Å². The van der Waals surface area contributed by atoms with Crippen molar-refractivity contribution in [2.45, 2.75) is 77.0 Å². The lowest BCUT2D eigenvalue weighted by molar-refractivity contribution is -0.148. The maximum Gasteiger partial charge on any atom is 0.408 e. The average molecular weight is 734 g/mol. The van der Waals surface area contributed by atoms with Gasteiger partial charge in [0.25, 0.3) is 0 Å². The van der Waals surface area contributed by atoms with E-state index in [0.29, 0.717) is 12.1 Å². The Morgan fingerprint density at radius 2 is 1.35 bits per heavy atom. The number of imidazole rings is 1. The van der Waals surface area contributed by atoms with Crippen LogP contribution in [0.2, 0.25) is 0 Å². The van der Waals surface area contributed by atoms with Gasteiger partial charge in [0.05, 0.1) is 30.6 Å². The number of aliphatic hydroxyl groups excluding tert-OH is 1. The minimum Gasteiger partial charge on any atom is -0.461 e. The Labute approximate surface area is 314 Å². The van der Waals surface area contributed by atoms with E-state index in [2.05, 4.69) is 25.9 Å². The number of aromatic nitrogens is 2. The molecule has 282 valence electrons. The summed E-state index contributed by atoms with van der Waals surface area (Å²) in [6.45, 7) is 3.82. The standard InChI is InChI=1S/C42H47N5O7/c1-3-28(2)39(37(48)23-38(49)53-25-29-13-6-4-7-14-29)47-41(51)36(22-33-24-43-27-44-33)45-40(50)35(46-42(52)54-26-30-15-8-5-9-16-30)21-32-19-12-18-31-17-10-11-20-34(31)32/h4-20,24,27-28,35-37,39,48H,3,21-23,25-26H2,1-2H3,(H,43,44)(H,45,50)(H,46,52)(H,47,51)/t28?,35-,36+,37+,39+/m1/s1. The van der Waals surface area contributed by atoms with E-state index in [1.165, 1.54) is 6.33 Å². The van der Waals surface area contributed by atoms with Crippen LogP contribution < -0.4 is 16.0 Å². The third-order valence-electron chi connectivity index (χ3n) is 9.33. The smallest absolute Gasteiger partial charge is 0.408 e. The fourth-order valence-corrected chi connectivity index (χ4v) is 6.13. The number of alkyl carbamates (subject to hydrolysis) is 1. The highest BCUT2D eigenvalue weighted by atomic mass is 16.5. The molecule has 1 aromatic heterocycles. The van der Waals surface area contributed by atoms with E-state index in [1.54, 1.807) is 6.20 Å². The van der Waals surface area contributed by atoms with Crippen LogP contribution in [0.25, 0.3) is 10.8 Å². The van der Waals surface area contributed by atoms with Crippen LogP contribution in [0.1, 0.15) is 49.1 Å². The Morgan fingerprint density at radius 3 is 2.02 bits per heavy atom. The van der Waals surface area contributed by atoms with Crippen molar-refractivity contribution in [1.82, 2.24) is 25.9 Å². The Hall–Kier alpha value is -6.01. The van der Waals surface area contributed by atoms with Crippen LogP contribution in [0.4, 0.5) is 4.79 Å². The van der Waals surface area contributed by atoms with Crippen molar-refractivity contribution < 1.29 is 33.8 Å². The molecule has 0 bridgehead atoms. The number of nitrogens with zero attached hydrogens (tertiary/aromatic N) is 1. The number of nitrogens with one attached hydrogen (secondary N) is 4. The van der Waals surface area contributed by atoms with Crippen LogP contribution in [0.15, 0.2) is 116 Å². The molecule has 0 aliphatic carbocycles. The third kappa shape index (κ3) is 11.5. The van der Waals surface area contributed by atoms with Gasteiger partial charge in [-0.05, 0) is 33.4 Å². The lowest BCUT2D eigenvalue weighted by atomic mass is 9.92. The Kier molecular flexibility index (Phi) is 14.3. The zero-order valence-corrected chi connectivity index (χ0v) is 30.4. The summed E-state index contributed by atoms with van der Waals surface area (Å²) in [4.78, 5) is 61.2. The van der Waals surface area contributed by atoms with Crippen molar-refractivity contribution in [3.05, 3.63) is 138 Å².